The third-order valence-corrected chi connectivity index (χ3v) is 4.39. The lowest BCUT2D eigenvalue weighted by molar-refractivity contribution is 0.367. The van der Waals surface area contributed by atoms with Crippen molar-refractivity contribution in [1.29, 1.82) is 0 Å². The molecule has 1 atom stereocenters. The van der Waals surface area contributed by atoms with E-state index in [0.717, 1.165) is 13.1 Å². The van der Waals surface area contributed by atoms with E-state index in [1.807, 2.05) is 0 Å². The molecule has 4 nitrogen and oxygen atoms in total. The minimum Gasteiger partial charge on any atom is -0.312 e. The van der Waals surface area contributed by atoms with E-state index >= 15 is 0 Å². The molecular formula is C14H24N4. The highest BCUT2D eigenvalue weighted by Gasteiger charge is 2.28. The minimum atomic E-state index is 0.425. The molecule has 0 radical (unpaired) electrons. The first-order valence-corrected chi connectivity index (χ1v) is 7.56. The quantitative estimate of drug-likeness (QED) is 0.894. The van der Waals surface area contributed by atoms with Crippen molar-refractivity contribution < 1.29 is 0 Å². The van der Waals surface area contributed by atoms with E-state index in [4.69, 9.17) is 0 Å². The lowest BCUT2D eigenvalue weighted by atomic mass is 9.88. The molecule has 4 heteroatoms. The molecule has 1 aromatic heterocycles. The largest absolute Gasteiger partial charge is 0.312 e. The lowest BCUT2D eigenvalue weighted by Crippen LogP contribution is -2.34. The first kappa shape index (κ1) is 12.2. The summed E-state index contributed by atoms with van der Waals surface area (Å²) in [5.41, 5.74) is 0. The predicted molar refractivity (Wildman–Crippen MR) is 71.5 cm³/mol. The van der Waals surface area contributed by atoms with Crippen LogP contribution in [0.5, 0.6) is 0 Å². The van der Waals surface area contributed by atoms with Gasteiger partial charge in [-0.05, 0) is 19.3 Å². The first-order valence-electron chi connectivity index (χ1n) is 7.56. The molecule has 0 amide bonds. The van der Waals surface area contributed by atoms with E-state index < -0.39 is 0 Å². The van der Waals surface area contributed by atoms with Crippen LogP contribution >= 0.6 is 0 Å². The average Bonchev–Trinajstić information content (AvgIpc) is 2.85. The van der Waals surface area contributed by atoms with E-state index in [1.54, 1.807) is 0 Å². The summed E-state index contributed by atoms with van der Waals surface area (Å²) in [4.78, 5) is 0. The third kappa shape index (κ3) is 2.18. The van der Waals surface area contributed by atoms with Gasteiger partial charge in [0.15, 0.2) is 0 Å². The molecule has 0 saturated heterocycles. The van der Waals surface area contributed by atoms with Crippen LogP contribution in [0.4, 0.5) is 0 Å². The Balaban J connectivity index is 1.84. The Hall–Kier alpha value is -0.900. The summed E-state index contributed by atoms with van der Waals surface area (Å²) in [5, 5.41) is 12.6. The zero-order valence-corrected chi connectivity index (χ0v) is 11.4. The van der Waals surface area contributed by atoms with Crippen molar-refractivity contribution in [1.82, 2.24) is 20.1 Å². The number of nitrogens with one attached hydrogen (secondary N) is 1. The molecule has 3 rings (SSSR count). The van der Waals surface area contributed by atoms with Crippen molar-refractivity contribution >= 4 is 0 Å². The monoisotopic (exact) mass is 248 g/mol. The van der Waals surface area contributed by atoms with Gasteiger partial charge in [-0.25, -0.2) is 0 Å². The Morgan fingerprint density at radius 1 is 1.17 bits per heavy atom. The van der Waals surface area contributed by atoms with Crippen LogP contribution in [0.25, 0.3) is 0 Å². The fourth-order valence-electron chi connectivity index (χ4n) is 3.44. The minimum absolute atomic E-state index is 0.425. The van der Waals surface area contributed by atoms with Gasteiger partial charge in [-0.2, -0.15) is 0 Å². The molecule has 1 unspecified atom stereocenters. The number of fused-ring (bicyclic) bond motifs is 1. The molecule has 2 aliphatic rings. The zero-order chi connectivity index (χ0) is 12.4. The van der Waals surface area contributed by atoms with Gasteiger partial charge >= 0.3 is 0 Å². The van der Waals surface area contributed by atoms with Gasteiger partial charge in [-0.1, -0.05) is 32.6 Å². The second-order valence-electron chi connectivity index (χ2n) is 5.70. The molecule has 1 saturated carbocycles. The van der Waals surface area contributed by atoms with Crippen molar-refractivity contribution in [3.05, 3.63) is 11.6 Å². The normalized spacial score (nSPS) is 25.1. The average molecular weight is 248 g/mol. The highest BCUT2D eigenvalue weighted by molar-refractivity contribution is 5.08. The van der Waals surface area contributed by atoms with E-state index in [2.05, 4.69) is 27.0 Å². The van der Waals surface area contributed by atoms with Gasteiger partial charge in [0.2, 0.25) is 0 Å². The molecule has 0 spiro atoms. The number of rotatable bonds is 3. The van der Waals surface area contributed by atoms with Gasteiger partial charge in [0.1, 0.15) is 11.6 Å². The summed E-state index contributed by atoms with van der Waals surface area (Å²) in [6.45, 7) is 4.35. The number of hydrogen-bond acceptors (Lipinski definition) is 3. The van der Waals surface area contributed by atoms with Crippen LogP contribution in [0.2, 0.25) is 0 Å². The molecule has 100 valence electrons. The van der Waals surface area contributed by atoms with Gasteiger partial charge in [-0.15, -0.1) is 10.2 Å². The maximum absolute atomic E-state index is 4.53. The summed E-state index contributed by atoms with van der Waals surface area (Å²) in [6, 6.07) is 0.425. The highest BCUT2D eigenvalue weighted by atomic mass is 15.3. The van der Waals surface area contributed by atoms with Crippen LogP contribution in [0.3, 0.4) is 0 Å². The van der Waals surface area contributed by atoms with E-state index in [-0.39, 0.29) is 0 Å². The smallest absolute Gasteiger partial charge is 0.150 e. The van der Waals surface area contributed by atoms with Crippen LogP contribution in [0, 0.1) is 0 Å². The Kier molecular flexibility index (Phi) is 3.64. The summed E-state index contributed by atoms with van der Waals surface area (Å²) in [6.07, 6.45) is 9.12. The Bertz CT molecular complexity index is 392. The summed E-state index contributed by atoms with van der Waals surface area (Å²) in [7, 11) is 0. The maximum Gasteiger partial charge on any atom is 0.150 e. The topological polar surface area (TPSA) is 42.7 Å². The Labute approximate surface area is 109 Å². The fraction of sp³-hybridized carbons (Fsp3) is 0.857. The third-order valence-electron chi connectivity index (χ3n) is 4.39. The zero-order valence-electron chi connectivity index (χ0n) is 11.4. The second kappa shape index (κ2) is 5.39. The first-order chi connectivity index (χ1) is 8.90. The Morgan fingerprint density at radius 2 is 1.94 bits per heavy atom. The molecule has 0 aromatic carbocycles. The summed E-state index contributed by atoms with van der Waals surface area (Å²) >= 11 is 0. The molecule has 1 aromatic rings. The molecule has 1 fully saturated rings. The van der Waals surface area contributed by atoms with Crippen molar-refractivity contribution in [2.24, 2.45) is 0 Å². The van der Waals surface area contributed by atoms with Crippen molar-refractivity contribution in [3.63, 3.8) is 0 Å². The van der Waals surface area contributed by atoms with E-state index in [1.165, 1.54) is 56.6 Å². The van der Waals surface area contributed by atoms with Crippen molar-refractivity contribution in [2.45, 2.75) is 70.4 Å². The summed E-state index contributed by atoms with van der Waals surface area (Å²) in [5.74, 6) is 3.12. The number of aromatic nitrogens is 3. The lowest BCUT2D eigenvalue weighted by Gasteiger charge is -2.27. The molecular weight excluding hydrogens is 224 g/mol. The fourth-order valence-corrected chi connectivity index (χ4v) is 3.44. The number of hydrogen-bond donors (Lipinski definition) is 1. The van der Waals surface area contributed by atoms with Crippen LogP contribution in [-0.2, 0) is 6.54 Å². The van der Waals surface area contributed by atoms with Crippen molar-refractivity contribution in [2.75, 3.05) is 6.54 Å². The van der Waals surface area contributed by atoms with Crippen LogP contribution in [0.1, 0.15) is 75.5 Å². The molecule has 0 bridgehead atoms. The molecule has 1 aliphatic heterocycles. The number of nitrogens with zero attached hydrogens (tertiary/aromatic N) is 3. The van der Waals surface area contributed by atoms with E-state index in [0.29, 0.717) is 12.0 Å². The summed E-state index contributed by atoms with van der Waals surface area (Å²) < 4.78 is 2.41. The van der Waals surface area contributed by atoms with Crippen molar-refractivity contribution in [3.8, 4) is 0 Å². The maximum atomic E-state index is 4.53. The predicted octanol–water partition coefficient (Wildman–Crippen LogP) is 2.77. The highest BCUT2D eigenvalue weighted by Crippen LogP contribution is 2.33. The van der Waals surface area contributed by atoms with Crippen LogP contribution in [0.15, 0.2) is 0 Å². The second-order valence-corrected chi connectivity index (χ2v) is 5.70. The van der Waals surface area contributed by atoms with Gasteiger partial charge in [0, 0.05) is 19.0 Å². The molecule has 18 heavy (non-hydrogen) atoms. The van der Waals surface area contributed by atoms with Crippen LogP contribution < -0.4 is 5.32 Å². The van der Waals surface area contributed by atoms with Crippen LogP contribution in [-0.4, -0.2) is 21.3 Å². The SMILES string of the molecule is CCCC1NCCn2c(C3CCCCC3)nnc21. The molecule has 1 N–H and O–H groups in total. The molecule has 2 heterocycles. The van der Waals surface area contributed by atoms with Gasteiger partial charge in [0.05, 0.1) is 6.04 Å². The standard InChI is InChI=1S/C14H24N4/c1-2-6-12-14-17-16-13(18(14)10-9-15-12)11-7-4-3-5-8-11/h11-12,15H,2-10H2,1H3. The van der Waals surface area contributed by atoms with Gasteiger partial charge in [-0.3, -0.25) is 0 Å². The molecule has 1 aliphatic carbocycles. The Morgan fingerprint density at radius 3 is 2.72 bits per heavy atom. The van der Waals surface area contributed by atoms with E-state index in [9.17, 15) is 0 Å². The van der Waals surface area contributed by atoms with Gasteiger partial charge in [0.25, 0.3) is 0 Å². The van der Waals surface area contributed by atoms with Gasteiger partial charge < -0.3 is 9.88 Å².